The van der Waals surface area contributed by atoms with E-state index in [1.54, 1.807) is 43.7 Å². The van der Waals surface area contributed by atoms with Crippen LogP contribution in [0, 0.1) is 0 Å². The summed E-state index contributed by atoms with van der Waals surface area (Å²) in [5.74, 6) is 0.288. The summed E-state index contributed by atoms with van der Waals surface area (Å²) in [6, 6.07) is 5.25. The summed E-state index contributed by atoms with van der Waals surface area (Å²) < 4.78 is 15.6. The van der Waals surface area contributed by atoms with Gasteiger partial charge in [0.2, 0.25) is 0 Å². The number of aromatic hydroxyl groups is 1. The van der Waals surface area contributed by atoms with Crippen molar-refractivity contribution in [3.05, 3.63) is 58.9 Å². The lowest BCUT2D eigenvalue weighted by Gasteiger charge is -2.16. The minimum Gasteiger partial charge on any atom is -0.507 e. The molecule has 0 radical (unpaired) electrons. The van der Waals surface area contributed by atoms with E-state index in [9.17, 15) is 9.90 Å². The van der Waals surface area contributed by atoms with Crippen LogP contribution in [-0.4, -0.2) is 37.4 Å². The smallest absolute Gasteiger partial charge is 0.342 e. The van der Waals surface area contributed by atoms with Crippen molar-refractivity contribution in [2.24, 2.45) is 0 Å². The number of methoxy groups -OCH3 is 3. The quantitative estimate of drug-likeness (QED) is 0.542. The molecule has 0 amide bonds. The molecule has 6 heteroatoms. The molecule has 1 aromatic heterocycles. The van der Waals surface area contributed by atoms with Gasteiger partial charge < -0.3 is 19.3 Å². The molecule has 0 saturated heterocycles. The van der Waals surface area contributed by atoms with Crippen LogP contribution in [-0.2, 0) is 11.2 Å². The maximum atomic E-state index is 12.4. The van der Waals surface area contributed by atoms with Gasteiger partial charge in [-0.05, 0) is 49.6 Å². The number of phenols is 1. The number of hydrogen-bond donors (Lipinski definition) is 1. The van der Waals surface area contributed by atoms with E-state index < -0.39 is 5.97 Å². The van der Waals surface area contributed by atoms with Gasteiger partial charge >= 0.3 is 5.97 Å². The maximum Gasteiger partial charge on any atom is 0.342 e. The molecular weight excluding hydrogens is 358 g/mol. The van der Waals surface area contributed by atoms with E-state index in [1.807, 2.05) is 6.92 Å². The van der Waals surface area contributed by atoms with Crippen molar-refractivity contribution in [2.45, 2.75) is 19.8 Å². The number of ether oxygens (including phenoxy) is 3. The second-order valence-corrected chi connectivity index (χ2v) is 6.24. The lowest BCUT2D eigenvalue weighted by molar-refractivity contribution is 0.0597. The number of phenolic OH excluding ortho intramolecular Hbond substituents is 1. The van der Waals surface area contributed by atoms with Crippen LogP contribution in [0.4, 0.5) is 0 Å². The molecule has 2 aromatic rings. The molecule has 0 aliphatic rings. The van der Waals surface area contributed by atoms with Crippen molar-refractivity contribution in [2.75, 3.05) is 21.3 Å². The maximum absolute atomic E-state index is 12.4. The third-order valence-corrected chi connectivity index (χ3v) is 4.25. The number of hydrogen-bond acceptors (Lipinski definition) is 6. The number of rotatable bonds is 8. The molecule has 0 unspecified atom stereocenters. The molecule has 0 fully saturated rings. The number of benzene rings is 1. The fourth-order valence-corrected chi connectivity index (χ4v) is 2.78. The first kappa shape index (κ1) is 21.0. The van der Waals surface area contributed by atoms with Gasteiger partial charge in [0.25, 0.3) is 0 Å². The van der Waals surface area contributed by atoms with Crippen molar-refractivity contribution < 1.29 is 24.1 Å². The zero-order valence-corrected chi connectivity index (χ0v) is 16.6. The number of pyridine rings is 1. The van der Waals surface area contributed by atoms with Crippen LogP contribution < -0.4 is 9.47 Å². The first-order chi connectivity index (χ1) is 13.4. The predicted octanol–water partition coefficient (Wildman–Crippen LogP) is 4.27. The van der Waals surface area contributed by atoms with E-state index in [4.69, 9.17) is 14.2 Å². The van der Waals surface area contributed by atoms with Gasteiger partial charge in [-0.15, -0.1) is 6.58 Å². The first-order valence-corrected chi connectivity index (χ1v) is 8.75. The highest BCUT2D eigenvalue weighted by Crippen LogP contribution is 2.37. The summed E-state index contributed by atoms with van der Waals surface area (Å²) in [5.41, 5.74) is 2.62. The van der Waals surface area contributed by atoms with Crippen LogP contribution >= 0.6 is 0 Å². The molecule has 28 heavy (non-hydrogen) atoms. The Morgan fingerprint density at radius 2 is 1.93 bits per heavy atom. The van der Waals surface area contributed by atoms with Crippen LogP contribution in [0.3, 0.4) is 0 Å². The summed E-state index contributed by atoms with van der Waals surface area (Å²) >= 11 is 0. The van der Waals surface area contributed by atoms with E-state index in [0.717, 1.165) is 5.57 Å². The second kappa shape index (κ2) is 9.60. The molecule has 2 rings (SSSR count). The number of aromatic nitrogens is 1. The molecule has 1 N–H and O–H groups in total. The number of esters is 1. The summed E-state index contributed by atoms with van der Waals surface area (Å²) in [6.07, 6.45) is 6.16. The fraction of sp³-hybridized carbons (Fsp3) is 0.273. The predicted molar refractivity (Wildman–Crippen MR) is 109 cm³/mol. The van der Waals surface area contributed by atoms with Crippen LogP contribution in [0.1, 0.15) is 40.5 Å². The second-order valence-electron chi connectivity index (χ2n) is 6.24. The van der Waals surface area contributed by atoms with Crippen LogP contribution in [0.15, 0.2) is 36.5 Å². The van der Waals surface area contributed by atoms with Gasteiger partial charge in [0.15, 0.2) is 0 Å². The Morgan fingerprint density at radius 3 is 2.54 bits per heavy atom. The van der Waals surface area contributed by atoms with Gasteiger partial charge in [-0.2, -0.15) is 0 Å². The minimum absolute atomic E-state index is 0.0752. The molecule has 1 heterocycles. The summed E-state index contributed by atoms with van der Waals surface area (Å²) in [7, 11) is 4.35. The summed E-state index contributed by atoms with van der Waals surface area (Å²) in [5, 5.41) is 10.8. The van der Waals surface area contributed by atoms with E-state index >= 15 is 0 Å². The van der Waals surface area contributed by atoms with E-state index in [2.05, 4.69) is 11.6 Å². The van der Waals surface area contributed by atoms with Crippen molar-refractivity contribution in [3.63, 3.8) is 0 Å². The van der Waals surface area contributed by atoms with E-state index in [0.29, 0.717) is 41.2 Å². The molecule has 0 aliphatic heterocycles. The van der Waals surface area contributed by atoms with Crippen molar-refractivity contribution >= 4 is 18.1 Å². The largest absolute Gasteiger partial charge is 0.507 e. The van der Waals surface area contributed by atoms with Gasteiger partial charge in [-0.25, -0.2) is 4.79 Å². The minimum atomic E-state index is -0.635. The Morgan fingerprint density at radius 1 is 1.21 bits per heavy atom. The number of nitrogens with zero attached hydrogens (tertiary/aromatic N) is 1. The Hall–Kier alpha value is -3.28. The van der Waals surface area contributed by atoms with Crippen LogP contribution in [0.2, 0.25) is 0 Å². The molecule has 6 nitrogen and oxygen atoms in total. The molecule has 0 saturated carbocycles. The summed E-state index contributed by atoms with van der Waals surface area (Å²) in [6.45, 7) is 5.79. The molecule has 148 valence electrons. The zero-order chi connectivity index (χ0) is 20.7. The van der Waals surface area contributed by atoms with Gasteiger partial charge in [0.1, 0.15) is 28.5 Å². The monoisotopic (exact) mass is 383 g/mol. The third kappa shape index (κ3) is 4.71. The molecular formula is C22H25NO5. The molecule has 1 aromatic carbocycles. The number of allylic oxidation sites excluding steroid dienone is 1. The Bertz CT molecular complexity index is 902. The van der Waals surface area contributed by atoms with Crippen molar-refractivity contribution in [3.8, 4) is 17.2 Å². The highest BCUT2D eigenvalue weighted by Gasteiger charge is 2.23. The average molecular weight is 383 g/mol. The lowest BCUT2D eigenvalue weighted by Crippen LogP contribution is -2.07. The molecule has 0 atom stereocenters. The third-order valence-electron chi connectivity index (χ3n) is 4.25. The van der Waals surface area contributed by atoms with Gasteiger partial charge in [-0.3, -0.25) is 4.98 Å². The highest BCUT2D eigenvalue weighted by atomic mass is 16.5. The van der Waals surface area contributed by atoms with Gasteiger partial charge in [0.05, 0.1) is 21.3 Å². The van der Waals surface area contributed by atoms with Crippen molar-refractivity contribution in [1.82, 2.24) is 4.98 Å². The van der Waals surface area contributed by atoms with Gasteiger partial charge in [-0.1, -0.05) is 11.6 Å². The molecule has 0 spiro atoms. The molecule has 0 bridgehead atoms. The standard InChI is InChI=1S/C22H25NO5/c1-14(2)8-10-16-19(27-4)13-15(20(21(16)24)22(25)28-5)9-11-17-18(26-3)7-6-12-23-17/h6-7,9,11-13,24H,1,8,10H2,2-5H3/b11-9+. The topological polar surface area (TPSA) is 77.9 Å². The Labute approximate surface area is 165 Å². The fourth-order valence-electron chi connectivity index (χ4n) is 2.78. The van der Waals surface area contributed by atoms with E-state index in [1.165, 1.54) is 14.2 Å². The SMILES string of the molecule is C=C(C)CCc1c(OC)cc(/C=C/c2ncccc2OC)c(C(=O)OC)c1O. The van der Waals surface area contributed by atoms with Gasteiger partial charge in [0, 0.05) is 11.8 Å². The average Bonchev–Trinajstić information content (AvgIpc) is 2.70. The zero-order valence-electron chi connectivity index (χ0n) is 16.6. The highest BCUT2D eigenvalue weighted by molar-refractivity contribution is 5.98. The first-order valence-electron chi connectivity index (χ1n) is 8.75. The van der Waals surface area contributed by atoms with Crippen LogP contribution in [0.5, 0.6) is 17.2 Å². The van der Waals surface area contributed by atoms with Crippen LogP contribution in [0.25, 0.3) is 12.2 Å². The summed E-state index contributed by atoms with van der Waals surface area (Å²) in [4.78, 5) is 16.6. The van der Waals surface area contributed by atoms with Crippen molar-refractivity contribution in [1.29, 1.82) is 0 Å². The van der Waals surface area contributed by atoms with E-state index in [-0.39, 0.29) is 11.3 Å². The molecule has 0 aliphatic carbocycles. The Balaban J connectivity index is 2.59. The number of carbonyl (C=O) groups excluding carboxylic acids is 1. The number of carbonyl (C=O) groups is 1. The normalized spacial score (nSPS) is 10.7. The lowest BCUT2D eigenvalue weighted by atomic mass is 9.96. The Kier molecular flexibility index (Phi) is 7.21.